The molecule has 3 heteroatoms. The summed E-state index contributed by atoms with van der Waals surface area (Å²) >= 11 is 1.82. The second-order valence-electron chi connectivity index (χ2n) is 10.6. The molecule has 0 aliphatic carbocycles. The highest BCUT2D eigenvalue weighted by atomic mass is 32.1. The Balaban J connectivity index is 1.31. The Morgan fingerprint density at radius 3 is 2.07 bits per heavy atom. The summed E-state index contributed by atoms with van der Waals surface area (Å²) in [6.07, 6.45) is 0. The summed E-state index contributed by atoms with van der Waals surface area (Å²) in [5.74, 6) is 1.74. The molecule has 9 rings (SSSR count). The maximum absolute atomic E-state index is 6.51. The monoisotopic (exact) mass is 541 g/mol. The van der Waals surface area contributed by atoms with Crippen LogP contribution in [0.25, 0.3) is 52.8 Å². The zero-order chi connectivity index (χ0) is 26.9. The second kappa shape index (κ2) is 8.69. The molecule has 0 N–H and O–H groups in total. The van der Waals surface area contributed by atoms with Crippen LogP contribution >= 0.6 is 11.3 Å². The van der Waals surface area contributed by atoms with Crippen molar-refractivity contribution in [2.75, 3.05) is 4.90 Å². The normalized spacial score (nSPS) is 12.5. The zero-order valence-corrected chi connectivity index (χ0v) is 22.9. The van der Waals surface area contributed by atoms with Crippen molar-refractivity contribution >= 4 is 70.1 Å². The van der Waals surface area contributed by atoms with E-state index in [1.807, 2.05) is 17.4 Å². The van der Waals surface area contributed by atoms with Crippen molar-refractivity contribution < 1.29 is 4.74 Å². The third kappa shape index (κ3) is 3.43. The topological polar surface area (TPSA) is 12.5 Å². The van der Waals surface area contributed by atoms with E-state index in [1.54, 1.807) is 0 Å². The molecule has 0 amide bonds. The average molecular weight is 542 g/mol. The lowest BCUT2D eigenvalue weighted by molar-refractivity contribution is 0.489. The van der Waals surface area contributed by atoms with Crippen molar-refractivity contribution in [3.63, 3.8) is 0 Å². The molecule has 0 fully saturated rings. The van der Waals surface area contributed by atoms with Crippen LogP contribution in [0.4, 0.5) is 17.1 Å². The average Bonchev–Trinajstić information content (AvgIpc) is 3.42. The molecule has 1 aromatic heterocycles. The number of hydrogen-bond acceptors (Lipinski definition) is 3. The van der Waals surface area contributed by atoms with Gasteiger partial charge in [-0.25, -0.2) is 0 Å². The molecule has 2 heterocycles. The fraction of sp³-hybridized carbons (Fsp3) is 0. The Kier molecular flexibility index (Phi) is 4.80. The molecule has 0 saturated heterocycles. The molecule has 0 spiro atoms. The smallest absolute Gasteiger partial charge is 0.136 e. The van der Waals surface area contributed by atoms with E-state index in [0.717, 1.165) is 28.6 Å². The molecule has 2 bridgehead atoms. The maximum Gasteiger partial charge on any atom is 0.136 e. The van der Waals surface area contributed by atoms with E-state index in [1.165, 1.54) is 52.8 Å². The standard InChI is InChI=1S/C38H23NOS/c1-2-13-29-24(8-1)9-3-14-31(29)32-15-4-10-25-22-27(20-21-30(25)32)39-26-11-5-12-28(23-26)40-34-17-7-19-36-38(34)37-33(39)16-6-18-35(37)41-36/h1-23H. The lowest BCUT2D eigenvalue weighted by Crippen LogP contribution is -2.10. The summed E-state index contributed by atoms with van der Waals surface area (Å²) in [6.45, 7) is 0. The van der Waals surface area contributed by atoms with Crippen molar-refractivity contribution in [3.05, 3.63) is 140 Å². The van der Waals surface area contributed by atoms with E-state index in [2.05, 4.69) is 138 Å². The first-order valence-electron chi connectivity index (χ1n) is 13.9. The van der Waals surface area contributed by atoms with Crippen LogP contribution in [-0.2, 0) is 0 Å². The third-order valence-corrected chi connectivity index (χ3v) is 9.33. The van der Waals surface area contributed by atoms with Gasteiger partial charge < -0.3 is 9.64 Å². The Morgan fingerprint density at radius 2 is 1.17 bits per heavy atom. The number of nitrogens with zero attached hydrogens (tertiary/aromatic N) is 1. The van der Waals surface area contributed by atoms with E-state index in [-0.39, 0.29) is 0 Å². The van der Waals surface area contributed by atoms with Gasteiger partial charge in [0, 0.05) is 37.6 Å². The minimum absolute atomic E-state index is 0.839. The van der Waals surface area contributed by atoms with Crippen LogP contribution in [0.5, 0.6) is 11.5 Å². The van der Waals surface area contributed by atoms with Crippen molar-refractivity contribution in [1.82, 2.24) is 0 Å². The summed E-state index contributed by atoms with van der Waals surface area (Å²) < 4.78 is 9.00. The summed E-state index contributed by atoms with van der Waals surface area (Å²) in [5, 5.41) is 7.39. The summed E-state index contributed by atoms with van der Waals surface area (Å²) in [5.41, 5.74) is 5.87. The molecule has 0 atom stereocenters. The van der Waals surface area contributed by atoms with E-state index in [0.29, 0.717) is 0 Å². The largest absolute Gasteiger partial charge is 0.457 e. The van der Waals surface area contributed by atoms with Crippen LogP contribution in [0.15, 0.2) is 140 Å². The minimum Gasteiger partial charge on any atom is -0.457 e. The number of rotatable bonds is 2. The Hall–Kier alpha value is -5.12. The molecule has 192 valence electrons. The van der Waals surface area contributed by atoms with Gasteiger partial charge in [-0.1, -0.05) is 84.9 Å². The third-order valence-electron chi connectivity index (χ3n) is 8.21. The van der Waals surface area contributed by atoms with Gasteiger partial charge in [-0.2, -0.15) is 0 Å². The molecule has 7 aromatic carbocycles. The van der Waals surface area contributed by atoms with Gasteiger partial charge in [-0.3, -0.25) is 0 Å². The second-order valence-corrected chi connectivity index (χ2v) is 11.6. The van der Waals surface area contributed by atoms with Crippen molar-refractivity contribution in [2.24, 2.45) is 0 Å². The molecular weight excluding hydrogens is 518 g/mol. The predicted octanol–water partition coefficient (Wildman–Crippen LogP) is 11.6. The van der Waals surface area contributed by atoms with E-state index >= 15 is 0 Å². The highest BCUT2D eigenvalue weighted by Gasteiger charge is 2.23. The highest BCUT2D eigenvalue weighted by molar-refractivity contribution is 7.26. The van der Waals surface area contributed by atoms with E-state index in [4.69, 9.17) is 4.74 Å². The number of thiophene rings is 1. The molecule has 0 radical (unpaired) electrons. The predicted molar refractivity (Wildman–Crippen MR) is 175 cm³/mol. The minimum atomic E-state index is 0.839. The molecular formula is C38H23NOS. The zero-order valence-electron chi connectivity index (χ0n) is 22.0. The van der Waals surface area contributed by atoms with Crippen LogP contribution in [0.2, 0.25) is 0 Å². The van der Waals surface area contributed by atoms with Gasteiger partial charge >= 0.3 is 0 Å². The Labute approximate surface area is 241 Å². The Bertz CT molecular complexity index is 2310. The van der Waals surface area contributed by atoms with Crippen LogP contribution in [0.3, 0.4) is 0 Å². The van der Waals surface area contributed by atoms with Crippen molar-refractivity contribution in [3.8, 4) is 22.6 Å². The van der Waals surface area contributed by atoms with Crippen LogP contribution < -0.4 is 9.64 Å². The number of anilines is 3. The number of hydrogen-bond donors (Lipinski definition) is 0. The molecule has 8 aromatic rings. The van der Waals surface area contributed by atoms with Gasteiger partial charge in [-0.15, -0.1) is 11.3 Å². The first-order valence-corrected chi connectivity index (χ1v) is 14.7. The van der Waals surface area contributed by atoms with Crippen LogP contribution in [0, 0.1) is 0 Å². The van der Waals surface area contributed by atoms with Gasteiger partial charge in [-0.05, 0) is 81.2 Å². The SMILES string of the molecule is c1cc2cc(c1)N(c1ccc3c(-c4cccc5ccccc45)cccc3c1)c1cccc3sc4cccc(c4c13)O2. The molecule has 0 unspecified atom stereocenters. The molecule has 2 nitrogen and oxygen atoms in total. The van der Waals surface area contributed by atoms with Gasteiger partial charge in [0.15, 0.2) is 0 Å². The van der Waals surface area contributed by atoms with Crippen LogP contribution in [-0.4, -0.2) is 0 Å². The molecule has 1 aliphatic heterocycles. The van der Waals surface area contributed by atoms with Gasteiger partial charge in [0.05, 0.1) is 5.69 Å². The molecule has 1 aliphatic rings. The highest BCUT2D eigenvalue weighted by Crippen LogP contribution is 2.50. The number of benzene rings is 7. The first kappa shape index (κ1) is 22.7. The van der Waals surface area contributed by atoms with Gasteiger partial charge in [0.2, 0.25) is 0 Å². The van der Waals surface area contributed by atoms with Crippen molar-refractivity contribution in [1.29, 1.82) is 0 Å². The summed E-state index contributed by atoms with van der Waals surface area (Å²) in [4.78, 5) is 2.38. The fourth-order valence-electron chi connectivity index (χ4n) is 6.43. The van der Waals surface area contributed by atoms with Gasteiger partial charge in [0.1, 0.15) is 11.5 Å². The van der Waals surface area contributed by atoms with Crippen LogP contribution in [0.1, 0.15) is 0 Å². The number of fused-ring (bicyclic) bond motifs is 4. The quantitative estimate of drug-likeness (QED) is 0.216. The first-order chi connectivity index (χ1) is 20.3. The van der Waals surface area contributed by atoms with E-state index < -0.39 is 0 Å². The fourth-order valence-corrected chi connectivity index (χ4v) is 7.58. The summed E-state index contributed by atoms with van der Waals surface area (Å²) in [7, 11) is 0. The lowest BCUT2D eigenvalue weighted by Gasteiger charge is -2.26. The number of ether oxygens (including phenoxy) is 1. The molecule has 41 heavy (non-hydrogen) atoms. The molecule has 0 saturated carbocycles. The van der Waals surface area contributed by atoms with Crippen molar-refractivity contribution in [2.45, 2.75) is 0 Å². The maximum atomic E-state index is 6.51. The van der Waals surface area contributed by atoms with E-state index in [9.17, 15) is 0 Å². The Morgan fingerprint density at radius 1 is 0.488 bits per heavy atom. The van der Waals surface area contributed by atoms with Gasteiger partial charge in [0.25, 0.3) is 0 Å². The lowest BCUT2D eigenvalue weighted by atomic mass is 9.93. The summed E-state index contributed by atoms with van der Waals surface area (Å²) in [6, 6.07) is 50.1.